The number of ether oxygens (including phenoxy) is 2. The van der Waals surface area contributed by atoms with Crippen LogP contribution in [0, 0.1) is 0 Å². The number of H-pyrrole nitrogens is 1. The first-order chi connectivity index (χ1) is 17.6. The number of pyridine rings is 1. The number of halogens is 1. The van der Waals surface area contributed by atoms with E-state index < -0.39 is 18.3 Å². The second-order valence-corrected chi connectivity index (χ2v) is 8.80. The highest BCUT2D eigenvalue weighted by molar-refractivity contribution is 6.33. The molecule has 0 bridgehead atoms. The van der Waals surface area contributed by atoms with Crippen LogP contribution < -0.4 is 4.74 Å². The minimum Gasteiger partial charge on any atom is -0.456 e. The molecule has 36 heavy (non-hydrogen) atoms. The van der Waals surface area contributed by atoms with Crippen molar-refractivity contribution >= 4 is 22.8 Å². The Balaban J connectivity index is 1.22. The molecule has 3 N–H and O–H groups in total. The van der Waals surface area contributed by atoms with E-state index in [0.717, 1.165) is 22.4 Å². The first-order valence-corrected chi connectivity index (χ1v) is 11.7. The molecular formula is C25H21ClN6O4. The third-order valence-electron chi connectivity index (χ3n) is 6.13. The number of hydrogen-bond acceptors (Lipinski definition) is 8. The Bertz CT molecular complexity index is 1490. The van der Waals surface area contributed by atoms with Crippen molar-refractivity contribution in [2.75, 3.05) is 13.2 Å². The first kappa shape index (κ1) is 22.6. The fraction of sp³-hybridized carbons (Fsp3) is 0.200. The van der Waals surface area contributed by atoms with Crippen molar-refractivity contribution in [1.82, 2.24) is 29.7 Å². The summed E-state index contributed by atoms with van der Waals surface area (Å²) in [4.78, 5) is 16.0. The van der Waals surface area contributed by atoms with Crippen molar-refractivity contribution in [2.24, 2.45) is 0 Å². The molecule has 10 nitrogen and oxygen atoms in total. The highest BCUT2D eigenvalue weighted by atomic mass is 35.5. The molecule has 0 unspecified atom stereocenters. The molecule has 4 heterocycles. The van der Waals surface area contributed by atoms with Gasteiger partial charge in [0.25, 0.3) is 6.01 Å². The molecule has 0 aliphatic carbocycles. The van der Waals surface area contributed by atoms with Gasteiger partial charge in [-0.15, -0.1) is 0 Å². The van der Waals surface area contributed by atoms with Gasteiger partial charge in [0.1, 0.15) is 24.9 Å². The van der Waals surface area contributed by atoms with Crippen LogP contribution in [0.5, 0.6) is 6.01 Å². The zero-order valence-electron chi connectivity index (χ0n) is 18.8. The number of aromatic amines is 1. The number of fused-ring (bicyclic) bond motifs is 1. The minimum atomic E-state index is -0.951. The van der Waals surface area contributed by atoms with E-state index in [2.05, 4.69) is 25.0 Å². The van der Waals surface area contributed by atoms with Crippen LogP contribution in [-0.4, -0.2) is 71.5 Å². The lowest BCUT2D eigenvalue weighted by atomic mass is 10.0. The van der Waals surface area contributed by atoms with Gasteiger partial charge in [0.15, 0.2) is 11.8 Å². The molecule has 3 atom stereocenters. The summed E-state index contributed by atoms with van der Waals surface area (Å²) < 4.78 is 12.8. The minimum absolute atomic E-state index is 0.151. The second-order valence-electron chi connectivity index (χ2n) is 8.40. The van der Waals surface area contributed by atoms with Gasteiger partial charge in [-0.1, -0.05) is 48.0 Å². The molecule has 5 aromatic rings. The maximum Gasteiger partial charge on any atom is 0.296 e. The van der Waals surface area contributed by atoms with Crippen LogP contribution in [0.3, 0.4) is 0 Å². The molecule has 182 valence electrons. The number of aliphatic hydroxyl groups is 2. The summed E-state index contributed by atoms with van der Waals surface area (Å²) in [7, 11) is 0. The van der Waals surface area contributed by atoms with E-state index >= 15 is 0 Å². The van der Waals surface area contributed by atoms with E-state index in [9.17, 15) is 10.2 Å². The summed E-state index contributed by atoms with van der Waals surface area (Å²) in [6.45, 7) is -0.132. The van der Waals surface area contributed by atoms with Gasteiger partial charge >= 0.3 is 0 Å². The number of rotatable bonds is 6. The van der Waals surface area contributed by atoms with Gasteiger partial charge in [-0.25, -0.2) is 14.6 Å². The Morgan fingerprint density at radius 2 is 1.78 bits per heavy atom. The van der Waals surface area contributed by atoms with Gasteiger partial charge in [-0.2, -0.15) is 10.1 Å². The Labute approximate surface area is 210 Å². The quantitative estimate of drug-likeness (QED) is 0.321. The maximum atomic E-state index is 10.2. The molecule has 6 rings (SSSR count). The summed E-state index contributed by atoms with van der Waals surface area (Å²) in [6.07, 6.45) is 0.892. The van der Waals surface area contributed by atoms with Gasteiger partial charge in [0, 0.05) is 5.56 Å². The van der Waals surface area contributed by atoms with E-state index in [1.54, 1.807) is 17.1 Å². The molecule has 11 heteroatoms. The average Bonchev–Trinajstić information content (AvgIpc) is 3.65. The van der Waals surface area contributed by atoms with E-state index in [4.69, 9.17) is 21.1 Å². The summed E-state index contributed by atoms with van der Waals surface area (Å²) in [5, 5.41) is 24.0. The lowest BCUT2D eigenvalue weighted by Crippen LogP contribution is -2.36. The van der Waals surface area contributed by atoms with Crippen LogP contribution in [0.4, 0.5) is 0 Å². The van der Waals surface area contributed by atoms with Gasteiger partial charge in [-0.05, 0) is 29.3 Å². The van der Waals surface area contributed by atoms with Gasteiger partial charge in [0.2, 0.25) is 0 Å². The van der Waals surface area contributed by atoms with Crippen LogP contribution in [-0.2, 0) is 4.74 Å². The zero-order chi connectivity index (χ0) is 24.6. The highest BCUT2D eigenvalue weighted by Crippen LogP contribution is 2.32. The summed E-state index contributed by atoms with van der Waals surface area (Å²) in [5.41, 5.74) is 5.54. The Hall–Kier alpha value is -3.83. The van der Waals surface area contributed by atoms with Gasteiger partial charge < -0.3 is 24.7 Å². The number of imidazole rings is 1. The van der Waals surface area contributed by atoms with Crippen LogP contribution in [0.2, 0.25) is 5.02 Å². The fourth-order valence-corrected chi connectivity index (χ4v) is 4.45. The third kappa shape index (κ3) is 4.20. The van der Waals surface area contributed by atoms with E-state index in [1.165, 1.54) is 6.33 Å². The van der Waals surface area contributed by atoms with Crippen LogP contribution >= 0.6 is 11.6 Å². The summed E-state index contributed by atoms with van der Waals surface area (Å²) in [6, 6.07) is 17.9. The van der Waals surface area contributed by atoms with Gasteiger partial charge in [-0.3, -0.25) is 0 Å². The molecular weight excluding hydrogens is 484 g/mol. The standard InChI is InChI=1S/C25H21ClN6O4/c26-18-9-19-24(31-25(29-19)36-21-11-35-20(10-33)23(21)34)30-22(18)16-3-1-14(2-4-16)15-5-7-17(8-6-15)32-13-27-12-28-32/h1-9,12-13,20-21,23,33-34H,10-11H2,(H,29,30,31)/t20-,21-,23-/m1/s1. The zero-order valence-corrected chi connectivity index (χ0v) is 19.6. The third-order valence-corrected chi connectivity index (χ3v) is 6.41. The number of aromatic nitrogens is 6. The monoisotopic (exact) mass is 504 g/mol. The van der Waals surface area contributed by atoms with Crippen LogP contribution in [0.1, 0.15) is 0 Å². The highest BCUT2D eigenvalue weighted by Gasteiger charge is 2.37. The molecule has 1 fully saturated rings. The molecule has 1 aliphatic rings. The largest absolute Gasteiger partial charge is 0.456 e. The van der Waals surface area contributed by atoms with Crippen molar-refractivity contribution in [2.45, 2.75) is 18.3 Å². The molecule has 2 aromatic carbocycles. The SMILES string of the molecule is OC[C@H]1OC[C@@H](Oc2nc3nc(-c4ccc(-c5ccc(-n6cncn6)cc5)cc4)c(Cl)cc3[nH]2)[C@@H]1O. The Morgan fingerprint density at radius 3 is 2.44 bits per heavy atom. The molecule has 0 spiro atoms. The molecule has 0 saturated carbocycles. The molecule has 0 radical (unpaired) electrons. The number of benzene rings is 2. The van der Waals surface area contributed by atoms with Crippen molar-refractivity contribution < 1.29 is 19.7 Å². The van der Waals surface area contributed by atoms with Gasteiger partial charge in [0.05, 0.1) is 35.1 Å². The molecule has 0 amide bonds. The normalized spacial score (nSPS) is 19.7. The van der Waals surface area contributed by atoms with E-state index in [0.29, 0.717) is 21.9 Å². The first-order valence-electron chi connectivity index (χ1n) is 11.3. The number of aliphatic hydroxyl groups excluding tert-OH is 2. The second kappa shape index (κ2) is 9.32. The van der Waals surface area contributed by atoms with E-state index in [1.807, 2.05) is 48.5 Å². The average molecular weight is 505 g/mol. The van der Waals surface area contributed by atoms with Crippen molar-refractivity contribution in [1.29, 1.82) is 0 Å². The van der Waals surface area contributed by atoms with E-state index in [-0.39, 0.29) is 19.2 Å². The van der Waals surface area contributed by atoms with Crippen LogP contribution in [0.15, 0.2) is 67.3 Å². The molecule has 1 saturated heterocycles. The molecule has 3 aromatic heterocycles. The van der Waals surface area contributed by atoms with Crippen LogP contribution in [0.25, 0.3) is 39.2 Å². The number of nitrogens with one attached hydrogen (secondary N) is 1. The topological polar surface area (TPSA) is 131 Å². The Morgan fingerprint density at radius 1 is 1.06 bits per heavy atom. The summed E-state index contributed by atoms with van der Waals surface area (Å²) in [5.74, 6) is 0. The smallest absolute Gasteiger partial charge is 0.296 e. The predicted molar refractivity (Wildman–Crippen MR) is 132 cm³/mol. The fourth-order valence-electron chi connectivity index (χ4n) is 4.19. The Kier molecular flexibility index (Phi) is 5.86. The maximum absolute atomic E-state index is 10.2. The summed E-state index contributed by atoms with van der Waals surface area (Å²) >= 11 is 6.55. The predicted octanol–water partition coefficient (Wildman–Crippen LogP) is 3.03. The number of nitrogens with zero attached hydrogens (tertiary/aromatic N) is 5. The number of hydrogen-bond donors (Lipinski definition) is 3. The van der Waals surface area contributed by atoms with Crippen molar-refractivity contribution in [3.63, 3.8) is 0 Å². The van der Waals surface area contributed by atoms with Crippen molar-refractivity contribution in [3.05, 3.63) is 72.3 Å². The lowest BCUT2D eigenvalue weighted by molar-refractivity contribution is -0.00390. The lowest BCUT2D eigenvalue weighted by Gasteiger charge is -2.15. The van der Waals surface area contributed by atoms with Crippen molar-refractivity contribution in [3.8, 4) is 34.1 Å². The molecule has 1 aliphatic heterocycles.